The van der Waals surface area contributed by atoms with Crippen LogP contribution in [-0.2, 0) is 14.1 Å². The van der Waals surface area contributed by atoms with Crippen molar-refractivity contribution >= 4 is 11.6 Å². The Labute approximate surface area is 98.1 Å². The second-order valence-electron chi connectivity index (χ2n) is 4.24. The van der Waals surface area contributed by atoms with Gasteiger partial charge in [0.1, 0.15) is 0 Å². The van der Waals surface area contributed by atoms with Gasteiger partial charge in [0, 0.05) is 11.1 Å². The quantitative estimate of drug-likeness (QED) is 0.528. The van der Waals surface area contributed by atoms with Gasteiger partial charge in [-0.3, -0.25) is 9.59 Å². The molecule has 1 aromatic heterocycles. The van der Waals surface area contributed by atoms with E-state index in [-0.39, 0.29) is 11.6 Å². The van der Waals surface area contributed by atoms with E-state index in [4.69, 9.17) is 0 Å². The van der Waals surface area contributed by atoms with Crippen LogP contribution in [0.4, 0.5) is 0 Å². The van der Waals surface area contributed by atoms with E-state index in [0.29, 0.717) is 22.5 Å². The van der Waals surface area contributed by atoms with Gasteiger partial charge < -0.3 is 0 Å². The van der Waals surface area contributed by atoms with Crippen molar-refractivity contribution in [2.45, 2.75) is 0 Å². The molecule has 0 saturated heterocycles. The second-order valence-corrected chi connectivity index (χ2v) is 4.24. The molecule has 0 N–H and O–H groups in total. The maximum atomic E-state index is 12.3. The van der Waals surface area contributed by atoms with Crippen LogP contribution in [0.2, 0.25) is 0 Å². The van der Waals surface area contributed by atoms with Gasteiger partial charge in [-0.25, -0.2) is 9.13 Å². The first kappa shape index (κ1) is 9.96. The maximum absolute atomic E-state index is 12.3. The summed E-state index contributed by atoms with van der Waals surface area (Å²) in [5, 5.41) is 0. The molecule has 0 saturated carbocycles. The third-order valence-electron chi connectivity index (χ3n) is 3.12. The van der Waals surface area contributed by atoms with E-state index in [9.17, 15) is 9.59 Å². The Bertz CT molecular complexity index is 613. The van der Waals surface area contributed by atoms with Crippen molar-refractivity contribution in [3.8, 4) is 0 Å². The molecule has 0 radical (unpaired) electrons. The number of carbonyl (C=O) groups excluding carboxylic acids is 2. The molecule has 0 bridgehead atoms. The fourth-order valence-corrected chi connectivity index (χ4v) is 2.38. The molecule has 0 unspecified atom stereocenters. The zero-order valence-corrected chi connectivity index (χ0v) is 9.60. The third-order valence-corrected chi connectivity index (χ3v) is 3.12. The summed E-state index contributed by atoms with van der Waals surface area (Å²) in [5.74, 6) is -0.170. The number of imidazole rings is 1. The number of nitrogens with zero attached hydrogens (tertiary/aromatic N) is 2. The van der Waals surface area contributed by atoms with Crippen LogP contribution < -0.4 is 4.57 Å². The summed E-state index contributed by atoms with van der Waals surface area (Å²) in [4.78, 5) is 24.6. The van der Waals surface area contributed by atoms with Gasteiger partial charge in [-0.2, -0.15) is 0 Å². The van der Waals surface area contributed by atoms with E-state index >= 15 is 0 Å². The number of fused-ring (bicyclic) bond motifs is 2. The SMILES string of the molecule is Cn1c[n+](C)c2c1C(=O)c1ccccc1C2=O. The summed E-state index contributed by atoms with van der Waals surface area (Å²) in [5.41, 5.74) is 1.92. The summed E-state index contributed by atoms with van der Waals surface area (Å²) in [6, 6.07) is 6.95. The van der Waals surface area contributed by atoms with Crippen molar-refractivity contribution in [1.29, 1.82) is 0 Å². The van der Waals surface area contributed by atoms with Crippen LogP contribution in [-0.4, -0.2) is 16.1 Å². The van der Waals surface area contributed by atoms with Crippen molar-refractivity contribution in [2.24, 2.45) is 14.1 Å². The average Bonchev–Trinajstić information content (AvgIpc) is 2.62. The Balaban J connectivity index is 2.39. The highest BCUT2D eigenvalue weighted by atomic mass is 16.1. The number of ketones is 2. The van der Waals surface area contributed by atoms with Crippen molar-refractivity contribution in [3.05, 3.63) is 53.1 Å². The number of benzene rings is 1. The van der Waals surface area contributed by atoms with Crippen LogP contribution in [0.3, 0.4) is 0 Å². The predicted octanol–water partition coefficient (Wildman–Crippen LogP) is 0.625. The Kier molecular flexibility index (Phi) is 1.84. The minimum atomic E-state index is -0.0849. The molecule has 1 aromatic carbocycles. The number of hydrogen-bond donors (Lipinski definition) is 0. The van der Waals surface area contributed by atoms with Crippen LogP contribution in [0, 0.1) is 0 Å². The maximum Gasteiger partial charge on any atom is 0.244 e. The third kappa shape index (κ3) is 1.15. The molecular formula is C13H11N2O2+. The van der Waals surface area contributed by atoms with Crippen LogP contribution >= 0.6 is 0 Å². The highest BCUT2D eigenvalue weighted by Crippen LogP contribution is 2.24. The molecule has 4 nitrogen and oxygen atoms in total. The van der Waals surface area contributed by atoms with Gasteiger partial charge in [-0.05, 0) is 0 Å². The minimum Gasteiger partial charge on any atom is -0.284 e. The number of hydrogen-bond acceptors (Lipinski definition) is 2. The topological polar surface area (TPSA) is 43.0 Å². The van der Waals surface area contributed by atoms with E-state index in [1.807, 2.05) is 0 Å². The first-order valence-corrected chi connectivity index (χ1v) is 5.34. The Morgan fingerprint density at radius 1 is 1.06 bits per heavy atom. The molecule has 0 aliphatic heterocycles. The van der Waals surface area contributed by atoms with Gasteiger partial charge in [0.2, 0.25) is 29.3 Å². The fourth-order valence-electron chi connectivity index (χ4n) is 2.38. The Hall–Kier alpha value is -2.23. The van der Waals surface area contributed by atoms with E-state index < -0.39 is 0 Å². The molecule has 0 atom stereocenters. The lowest BCUT2D eigenvalue weighted by molar-refractivity contribution is -0.672. The first-order chi connectivity index (χ1) is 8.11. The van der Waals surface area contributed by atoms with Gasteiger partial charge in [-0.15, -0.1) is 0 Å². The van der Waals surface area contributed by atoms with Crippen molar-refractivity contribution < 1.29 is 14.2 Å². The van der Waals surface area contributed by atoms with E-state index in [1.165, 1.54) is 0 Å². The predicted molar refractivity (Wildman–Crippen MR) is 59.9 cm³/mol. The van der Waals surface area contributed by atoms with Crippen molar-refractivity contribution in [2.75, 3.05) is 0 Å². The zero-order chi connectivity index (χ0) is 12.2. The minimum absolute atomic E-state index is 0.0849. The number of aromatic nitrogens is 2. The number of rotatable bonds is 0. The molecule has 0 spiro atoms. The highest BCUT2D eigenvalue weighted by molar-refractivity contribution is 6.26. The molecule has 84 valence electrons. The number of aryl methyl sites for hydroxylation is 2. The summed E-state index contributed by atoms with van der Waals surface area (Å²) in [6.07, 6.45) is 1.74. The molecule has 1 heterocycles. The van der Waals surface area contributed by atoms with Crippen molar-refractivity contribution in [3.63, 3.8) is 0 Å². The fraction of sp³-hybridized carbons (Fsp3) is 0.154. The van der Waals surface area contributed by atoms with Crippen molar-refractivity contribution in [1.82, 2.24) is 4.57 Å². The van der Waals surface area contributed by atoms with E-state index in [0.717, 1.165) is 0 Å². The first-order valence-electron chi connectivity index (χ1n) is 5.34. The Morgan fingerprint density at radius 2 is 1.65 bits per heavy atom. The summed E-state index contributed by atoms with van der Waals surface area (Å²) < 4.78 is 3.40. The highest BCUT2D eigenvalue weighted by Gasteiger charge is 2.38. The lowest BCUT2D eigenvalue weighted by Gasteiger charge is -2.11. The standard InChI is InChI=1S/C13H11N2O2/c1-14-7-15(2)11-10(14)12(16)8-5-3-4-6-9(8)13(11)17/h3-7H,1-2H3/q+1. The molecule has 0 amide bonds. The zero-order valence-electron chi connectivity index (χ0n) is 9.60. The largest absolute Gasteiger partial charge is 0.284 e. The van der Waals surface area contributed by atoms with E-state index in [2.05, 4.69) is 0 Å². The van der Waals surface area contributed by atoms with Gasteiger partial charge >= 0.3 is 0 Å². The lowest BCUT2D eigenvalue weighted by atomic mass is 9.90. The molecule has 2 aromatic rings. The lowest BCUT2D eigenvalue weighted by Crippen LogP contribution is -2.36. The van der Waals surface area contributed by atoms with Gasteiger partial charge in [0.05, 0.1) is 14.1 Å². The van der Waals surface area contributed by atoms with Crippen LogP contribution in [0.1, 0.15) is 32.1 Å². The van der Waals surface area contributed by atoms with Gasteiger partial charge in [0.25, 0.3) is 0 Å². The summed E-state index contributed by atoms with van der Waals surface area (Å²) >= 11 is 0. The second kappa shape index (κ2) is 3.13. The molecule has 1 aliphatic rings. The molecule has 17 heavy (non-hydrogen) atoms. The summed E-state index contributed by atoms with van der Waals surface area (Å²) in [7, 11) is 3.55. The smallest absolute Gasteiger partial charge is 0.244 e. The molecule has 3 rings (SSSR count). The van der Waals surface area contributed by atoms with Gasteiger partial charge in [-0.1, -0.05) is 24.3 Å². The van der Waals surface area contributed by atoms with Crippen LogP contribution in [0.25, 0.3) is 0 Å². The molecule has 0 fully saturated rings. The monoisotopic (exact) mass is 227 g/mol. The van der Waals surface area contributed by atoms with Gasteiger partial charge in [0.15, 0.2) is 0 Å². The molecule has 4 heteroatoms. The molecular weight excluding hydrogens is 216 g/mol. The van der Waals surface area contributed by atoms with E-state index in [1.54, 1.807) is 53.8 Å². The average molecular weight is 227 g/mol. The van der Waals surface area contributed by atoms with Crippen LogP contribution in [0.15, 0.2) is 30.6 Å². The van der Waals surface area contributed by atoms with Crippen LogP contribution in [0.5, 0.6) is 0 Å². The number of carbonyl (C=O) groups is 2. The Morgan fingerprint density at radius 3 is 2.29 bits per heavy atom. The normalized spacial score (nSPS) is 13.5. The summed E-state index contributed by atoms with van der Waals surface area (Å²) in [6.45, 7) is 0. The molecule has 1 aliphatic carbocycles.